The van der Waals surface area contributed by atoms with E-state index in [1.165, 1.54) is 55.5 Å². The average Bonchev–Trinajstić information content (AvgIpc) is 3.12. The number of halogens is 2. The smallest absolute Gasteiger partial charge is 0.252 e. The molecule has 0 aliphatic carbocycles. The third-order valence-corrected chi connectivity index (χ3v) is 8.18. The van der Waals surface area contributed by atoms with Crippen molar-refractivity contribution in [3.05, 3.63) is 87.7 Å². The van der Waals surface area contributed by atoms with Crippen LogP contribution in [0.25, 0.3) is 0 Å². The van der Waals surface area contributed by atoms with Crippen molar-refractivity contribution in [3.63, 3.8) is 0 Å². The van der Waals surface area contributed by atoms with Crippen LogP contribution in [0.4, 0.5) is 15.8 Å². The molecule has 0 saturated carbocycles. The van der Waals surface area contributed by atoms with Crippen LogP contribution in [0, 0.1) is 9.39 Å². The van der Waals surface area contributed by atoms with Gasteiger partial charge in [0, 0.05) is 22.7 Å². The average molecular weight is 621 g/mol. The van der Waals surface area contributed by atoms with Crippen molar-refractivity contribution >= 4 is 61.7 Å². The molecule has 1 N–H and O–H groups in total. The second-order valence-corrected chi connectivity index (χ2v) is 11.3. The van der Waals surface area contributed by atoms with E-state index in [0.29, 0.717) is 16.9 Å². The van der Waals surface area contributed by atoms with Crippen LogP contribution >= 0.6 is 22.6 Å². The van der Waals surface area contributed by atoms with E-state index in [1.807, 2.05) is 0 Å². The number of rotatable bonds is 7. The van der Waals surface area contributed by atoms with Crippen molar-refractivity contribution in [2.45, 2.75) is 30.8 Å². The zero-order chi connectivity index (χ0) is 26.0. The van der Waals surface area contributed by atoms with Crippen molar-refractivity contribution in [3.8, 4) is 0 Å². The zero-order valence-electron chi connectivity index (χ0n) is 19.0. The van der Waals surface area contributed by atoms with Gasteiger partial charge < -0.3 is 5.32 Å². The van der Waals surface area contributed by atoms with Crippen molar-refractivity contribution in [2.24, 2.45) is 0 Å². The summed E-state index contributed by atoms with van der Waals surface area (Å²) in [5, 5.41) is 2.56. The first kappa shape index (κ1) is 25.9. The number of carbonyl (C=O) groups is 3. The highest BCUT2D eigenvalue weighted by molar-refractivity contribution is 14.1. The Hall–Kier alpha value is -3.16. The van der Waals surface area contributed by atoms with E-state index in [-0.39, 0.29) is 23.8 Å². The molecule has 4 rings (SSSR count). The normalized spacial score (nSPS) is 16.0. The van der Waals surface area contributed by atoms with Crippen LogP contribution in [-0.2, 0) is 31.0 Å². The van der Waals surface area contributed by atoms with E-state index in [4.69, 9.17) is 0 Å². The first-order valence-electron chi connectivity index (χ1n) is 10.8. The molecule has 3 aromatic carbocycles. The number of nitrogens with zero attached hydrogens (tertiary/aromatic N) is 2. The van der Waals surface area contributed by atoms with E-state index in [0.717, 1.165) is 12.8 Å². The van der Waals surface area contributed by atoms with Crippen LogP contribution in [-0.4, -0.2) is 36.5 Å². The van der Waals surface area contributed by atoms with Crippen molar-refractivity contribution in [2.75, 3.05) is 10.2 Å². The van der Waals surface area contributed by atoms with Gasteiger partial charge in [-0.15, -0.1) is 0 Å². The molecular weight excluding hydrogens is 600 g/mol. The highest BCUT2D eigenvalue weighted by Crippen LogP contribution is 2.31. The molecule has 0 bridgehead atoms. The Morgan fingerprint density at radius 3 is 2.22 bits per heavy atom. The lowest BCUT2D eigenvalue weighted by Gasteiger charge is -2.27. The van der Waals surface area contributed by atoms with Crippen LogP contribution in [0.5, 0.6) is 0 Å². The highest BCUT2D eigenvalue weighted by atomic mass is 127. The third kappa shape index (κ3) is 5.47. The number of imide groups is 1. The number of nitrogens with one attached hydrogen (secondary N) is 1. The van der Waals surface area contributed by atoms with E-state index in [9.17, 15) is 27.2 Å². The molecular formula is C25H21FIN3O5S. The molecule has 3 aromatic rings. The SMILES string of the molecule is CC(=O)Nc1ccc(S(=O)(=O)N(Cc2ccc(F)cc2)C2CC(=O)N(c3ccc(I)cc3)C2=O)cc1. The van der Waals surface area contributed by atoms with Crippen molar-refractivity contribution in [1.82, 2.24) is 4.31 Å². The Bertz CT molecular complexity index is 1410. The van der Waals surface area contributed by atoms with E-state index < -0.39 is 33.7 Å². The number of sulfonamides is 1. The molecule has 1 aliphatic rings. The summed E-state index contributed by atoms with van der Waals surface area (Å²) in [6, 6.07) is 16.2. The number of amides is 3. The Labute approximate surface area is 221 Å². The van der Waals surface area contributed by atoms with Crippen LogP contribution in [0.2, 0.25) is 0 Å². The molecule has 1 unspecified atom stereocenters. The molecule has 1 heterocycles. The number of hydrogen-bond donors (Lipinski definition) is 1. The molecule has 3 amide bonds. The van der Waals surface area contributed by atoms with Gasteiger partial charge in [-0.25, -0.2) is 17.7 Å². The second-order valence-electron chi connectivity index (χ2n) is 8.15. The molecule has 1 aliphatic heterocycles. The van der Waals surface area contributed by atoms with Gasteiger partial charge in [0.05, 0.1) is 17.0 Å². The lowest BCUT2D eigenvalue weighted by molar-refractivity contribution is -0.122. The predicted octanol–water partition coefficient (Wildman–Crippen LogP) is 3.91. The minimum Gasteiger partial charge on any atom is -0.326 e. The topological polar surface area (TPSA) is 104 Å². The highest BCUT2D eigenvalue weighted by Gasteiger charge is 2.47. The summed E-state index contributed by atoms with van der Waals surface area (Å²) >= 11 is 2.10. The van der Waals surface area contributed by atoms with Crippen molar-refractivity contribution < 1.29 is 27.2 Å². The van der Waals surface area contributed by atoms with Gasteiger partial charge in [-0.2, -0.15) is 4.31 Å². The van der Waals surface area contributed by atoms with Crippen LogP contribution in [0.15, 0.2) is 77.7 Å². The quantitative estimate of drug-likeness (QED) is 0.319. The Morgan fingerprint density at radius 2 is 1.64 bits per heavy atom. The largest absolute Gasteiger partial charge is 0.326 e. The molecule has 0 spiro atoms. The monoisotopic (exact) mass is 621 g/mol. The number of benzene rings is 3. The molecule has 11 heteroatoms. The summed E-state index contributed by atoms with van der Waals surface area (Å²) in [4.78, 5) is 38.5. The molecule has 8 nitrogen and oxygen atoms in total. The standard InChI is InChI=1S/C25H21FIN3O5S/c1-16(31)28-20-8-12-22(13-9-20)36(34,35)29(15-17-2-4-18(26)5-3-17)23-14-24(32)30(25(23)33)21-10-6-19(27)7-11-21/h2-13,23H,14-15H2,1H3,(H,28,31). The Kier molecular flexibility index (Phi) is 7.52. The fraction of sp³-hybridized carbons (Fsp3) is 0.160. The molecule has 36 heavy (non-hydrogen) atoms. The summed E-state index contributed by atoms with van der Waals surface area (Å²) in [5.74, 6) is -1.98. The first-order valence-corrected chi connectivity index (χ1v) is 13.3. The summed E-state index contributed by atoms with van der Waals surface area (Å²) in [6.07, 6.45) is -0.338. The Morgan fingerprint density at radius 1 is 1.03 bits per heavy atom. The molecule has 0 radical (unpaired) electrons. The van der Waals surface area contributed by atoms with Gasteiger partial charge in [-0.1, -0.05) is 12.1 Å². The van der Waals surface area contributed by atoms with Gasteiger partial charge in [0.2, 0.25) is 21.8 Å². The minimum atomic E-state index is -4.28. The fourth-order valence-corrected chi connectivity index (χ4v) is 5.81. The van der Waals surface area contributed by atoms with Crippen LogP contribution < -0.4 is 10.2 Å². The van der Waals surface area contributed by atoms with E-state index in [2.05, 4.69) is 27.9 Å². The van der Waals surface area contributed by atoms with Gasteiger partial charge in [-0.05, 0) is 88.8 Å². The molecule has 186 valence electrons. The van der Waals surface area contributed by atoms with Crippen molar-refractivity contribution in [1.29, 1.82) is 0 Å². The maximum absolute atomic E-state index is 13.7. The molecule has 1 saturated heterocycles. The number of anilines is 2. The first-order chi connectivity index (χ1) is 17.1. The number of hydrogen-bond acceptors (Lipinski definition) is 5. The summed E-state index contributed by atoms with van der Waals surface area (Å²) in [6.45, 7) is 1.08. The lowest BCUT2D eigenvalue weighted by atomic mass is 10.2. The van der Waals surface area contributed by atoms with Gasteiger partial charge >= 0.3 is 0 Å². The van der Waals surface area contributed by atoms with Crippen LogP contribution in [0.1, 0.15) is 18.9 Å². The van der Waals surface area contributed by atoms with E-state index in [1.54, 1.807) is 24.3 Å². The Balaban J connectivity index is 1.72. The minimum absolute atomic E-state index is 0.119. The van der Waals surface area contributed by atoms with Gasteiger partial charge in [0.1, 0.15) is 11.9 Å². The maximum Gasteiger partial charge on any atom is 0.252 e. The maximum atomic E-state index is 13.7. The van der Waals surface area contributed by atoms with E-state index >= 15 is 0 Å². The zero-order valence-corrected chi connectivity index (χ0v) is 22.0. The summed E-state index contributed by atoms with van der Waals surface area (Å²) < 4.78 is 42.8. The molecule has 0 aromatic heterocycles. The second kappa shape index (κ2) is 10.4. The molecule has 1 atom stereocenters. The van der Waals surface area contributed by atoms with Gasteiger partial charge in [-0.3, -0.25) is 14.4 Å². The summed E-state index contributed by atoms with van der Waals surface area (Å²) in [7, 11) is -4.28. The van der Waals surface area contributed by atoms with Gasteiger partial charge in [0.15, 0.2) is 0 Å². The van der Waals surface area contributed by atoms with Crippen LogP contribution in [0.3, 0.4) is 0 Å². The molecule has 1 fully saturated rings. The number of carbonyl (C=O) groups excluding carboxylic acids is 3. The van der Waals surface area contributed by atoms with Gasteiger partial charge in [0.25, 0.3) is 5.91 Å². The lowest BCUT2D eigenvalue weighted by Crippen LogP contribution is -2.45. The summed E-state index contributed by atoms with van der Waals surface area (Å²) in [5.41, 5.74) is 1.21. The third-order valence-electron chi connectivity index (χ3n) is 5.59. The predicted molar refractivity (Wildman–Crippen MR) is 140 cm³/mol. The fourth-order valence-electron chi connectivity index (χ4n) is 3.88.